The minimum absolute atomic E-state index is 0.346. The molecule has 3 aromatic rings. The van der Waals surface area contributed by atoms with Gasteiger partial charge in [0.05, 0.1) is 12.2 Å². The Morgan fingerprint density at radius 3 is 2.85 bits per heavy atom. The normalized spacial score (nSPS) is 12.4. The van der Waals surface area contributed by atoms with Crippen molar-refractivity contribution in [2.24, 2.45) is 0 Å². The molecule has 27 heavy (non-hydrogen) atoms. The summed E-state index contributed by atoms with van der Waals surface area (Å²) in [4.78, 5) is 4.43. The van der Waals surface area contributed by atoms with Gasteiger partial charge in [0.25, 0.3) is 0 Å². The molecule has 4 rings (SSSR count). The smallest absolute Gasteiger partial charge is 0.439 e. The van der Waals surface area contributed by atoms with E-state index in [1.807, 2.05) is 36.4 Å². The van der Waals surface area contributed by atoms with Gasteiger partial charge in [0.1, 0.15) is 17.6 Å². The molecule has 0 radical (unpaired) electrons. The van der Waals surface area contributed by atoms with Crippen molar-refractivity contribution in [1.29, 1.82) is 5.26 Å². The Kier molecular flexibility index (Phi) is 4.75. The van der Waals surface area contributed by atoms with Crippen molar-refractivity contribution in [2.75, 3.05) is 5.32 Å². The first kappa shape index (κ1) is 17.1. The number of pyridine rings is 1. The molecule has 2 N–H and O–H groups in total. The lowest BCUT2D eigenvalue weighted by Gasteiger charge is -2.11. The number of fused-ring (bicyclic) bond motifs is 1. The van der Waals surface area contributed by atoms with Gasteiger partial charge in [-0.2, -0.15) is 10.2 Å². The second-order valence-electron chi connectivity index (χ2n) is 6.12. The molecular weight excluding hydrogens is 341 g/mol. The number of aromatic nitrogens is 1. The summed E-state index contributed by atoms with van der Waals surface area (Å²) in [6.45, 7) is 0.901. The second kappa shape index (κ2) is 7.50. The molecular formula is C20H16BN3O3. The highest BCUT2D eigenvalue weighted by Crippen LogP contribution is 2.25. The Bertz CT molecular complexity index is 1010. The summed E-state index contributed by atoms with van der Waals surface area (Å²) in [5.41, 5.74) is 3.17. The van der Waals surface area contributed by atoms with Crippen molar-refractivity contribution >= 4 is 18.4 Å². The number of nitrogens with zero attached hydrogens (tertiary/aromatic N) is 2. The summed E-state index contributed by atoms with van der Waals surface area (Å²) in [5.74, 6) is 1.44. The van der Waals surface area contributed by atoms with Gasteiger partial charge in [0, 0.05) is 12.6 Å². The van der Waals surface area contributed by atoms with E-state index in [2.05, 4.69) is 16.4 Å². The summed E-state index contributed by atoms with van der Waals surface area (Å²) in [6, 6.07) is 20.7. The first-order valence-corrected chi connectivity index (χ1v) is 8.52. The van der Waals surface area contributed by atoms with Crippen LogP contribution in [0.15, 0.2) is 60.7 Å². The molecule has 0 bridgehead atoms. The largest absolute Gasteiger partial charge is 0.491 e. The molecule has 0 amide bonds. The van der Waals surface area contributed by atoms with Crippen LogP contribution in [-0.4, -0.2) is 17.1 Å². The molecule has 0 fully saturated rings. The minimum Gasteiger partial charge on any atom is -0.439 e. The summed E-state index contributed by atoms with van der Waals surface area (Å²) >= 11 is 0. The number of hydrogen-bond donors (Lipinski definition) is 2. The van der Waals surface area contributed by atoms with Crippen molar-refractivity contribution in [2.45, 2.75) is 13.2 Å². The molecule has 0 atom stereocenters. The van der Waals surface area contributed by atoms with Gasteiger partial charge < -0.3 is 19.7 Å². The predicted molar refractivity (Wildman–Crippen MR) is 102 cm³/mol. The van der Waals surface area contributed by atoms with Crippen LogP contribution in [0.1, 0.15) is 16.7 Å². The minimum atomic E-state index is -0.879. The maximum atomic E-state index is 9.69. The Hall–Kier alpha value is -3.34. The van der Waals surface area contributed by atoms with Crippen LogP contribution in [0.5, 0.6) is 11.6 Å². The Morgan fingerprint density at radius 2 is 2.04 bits per heavy atom. The standard InChI is InChI=1S/C20H16BN3O3/c22-11-15-6-9-19(24-20(15)23-12-14-4-2-1-3-5-14)27-17-7-8-18-16(10-17)13-26-21(18)25/h1-10,25H,12-13H2,(H,23,24). The highest BCUT2D eigenvalue weighted by atomic mass is 16.5. The van der Waals surface area contributed by atoms with Crippen LogP contribution in [0.25, 0.3) is 0 Å². The first-order valence-electron chi connectivity index (χ1n) is 8.52. The SMILES string of the molecule is N#Cc1ccc(Oc2ccc3c(c2)COB3O)nc1NCc1ccccc1. The van der Waals surface area contributed by atoms with Gasteiger partial charge in [-0.25, -0.2) is 0 Å². The summed E-state index contributed by atoms with van der Waals surface area (Å²) < 4.78 is 11.0. The topological polar surface area (TPSA) is 87.4 Å². The van der Waals surface area contributed by atoms with Crippen molar-refractivity contribution in [3.63, 3.8) is 0 Å². The van der Waals surface area contributed by atoms with E-state index in [9.17, 15) is 10.3 Å². The Balaban J connectivity index is 1.53. The highest BCUT2D eigenvalue weighted by molar-refractivity contribution is 6.61. The second-order valence-corrected chi connectivity index (χ2v) is 6.12. The molecule has 0 spiro atoms. The van der Waals surface area contributed by atoms with E-state index < -0.39 is 7.12 Å². The monoisotopic (exact) mass is 357 g/mol. The van der Waals surface area contributed by atoms with Crippen LogP contribution in [0.4, 0.5) is 5.82 Å². The fourth-order valence-corrected chi connectivity index (χ4v) is 2.90. The van der Waals surface area contributed by atoms with E-state index in [1.54, 1.807) is 24.3 Å². The highest BCUT2D eigenvalue weighted by Gasteiger charge is 2.27. The average molecular weight is 357 g/mol. The first-order chi connectivity index (χ1) is 13.2. The van der Waals surface area contributed by atoms with Gasteiger partial charge in [0.15, 0.2) is 0 Å². The van der Waals surface area contributed by atoms with E-state index in [1.165, 1.54) is 0 Å². The van der Waals surface area contributed by atoms with Crippen molar-refractivity contribution in [3.8, 4) is 17.7 Å². The number of anilines is 1. The third kappa shape index (κ3) is 3.77. The van der Waals surface area contributed by atoms with Gasteiger partial charge >= 0.3 is 7.12 Å². The lowest BCUT2D eigenvalue weighted by Crippen LogP contribution is -2.27. The third-order valence-electron chi connectivity index (χ3n) is 4.29. The molecule has 6 nitrogen and oxygen atoms in total. The van der Waals surface area contributed by atoms with Crippen LogP contribution < -0.4 is 15.5 Å². The van der Waals surface area contributed by atoms with Crippen LogP contribution in [0.2, 0.25) is 0 Å². The molecule has 7 heteroatoms. The van der Waals surface area contributed by atoms with E-state index >= 15 is 0 Å². The zero-order valence-corrected chi connectivity index (χ0v) is 14.4. The molecule has 2 aromatic carbocycles. The molecule has 1 aromatic heterocycles. The zero-order valence-electron chi connectivity index (χ0n) is 14.4. The van der Waals surface area contributed by atoms with Crippen LogP contribution >= 0.6 is 0 Å². The molecule has 0 aliphatic carbocycles. The van der Waals surface area contributed by atoms with Crippen LogP contribution in [0, 0.1) is 11.3 Å². The molecule has 132 valence electrons. The lowest BCUT2D eigenvalue weighted by molar-refractivity contribution is 0.275. The molecule has 0 saturated heterocycles. The van der Waals surface area contributed by atoms with E-state index in [-0.39, 0.29) is 0 Å². The fraction of sp³-hybridized carbons (Fsp3) is 0.100. The maximum absolute atomic E-state index is 9.69. The van der Waals surface area contributed by atoms with Crippen molar-refractivity contribution in [3.05, 3.63) is 77.4 Å². The van der Waals surface area contributed by atoms with Crippen LogP contribution in [0.3, 0.4) is 0 Å². The third-order valence-corrected chi connectivity index (χ3v) is 4.29. The summed E-state index contributed by atoms with van der Waals surface area (Å²) in [5, 5.41) is 22.2. The number of nitriles is 1. The number of nitrogens with one attached hydrogen (secondary N) is 1. The Labute approximate surface area is 157 Å². The zero-order chi connectivity index (χ0) is 18.6. The van der Waals surface area contributed by atoms with Crippen molar-refractivity contribution in [1.82, 2.24) is 4.98 Å². The van der Waals surface area contributed by atoms with Gasteiger partial charge in [-0.05, 0) is 34.8 Å². The molecule has 1 aliphatic rings. The average Bonchev–Trinajstić information content (AvgIpc) is 3.07. The number of hydrogen-bond acceptors (Lipinski definition) is 6. The van der Waals surface area contributed by atoms with Gasteiger partial charge in [-0.3, -0.25) is 0 Å². The van der Waals surface area contributed by atoms with Crippen LogP contribution in [-0.2, 0) is 17.8 Å². The molecule has 2 heterocycles. The number of ether oxygens (including phenoxy) is 1. The Morgan fingerprint density at radius 1 is 1.19 bits per heavy atom. The van der Waals surface area contributed by atoms with Gasteiger partial charge in [-0.15, -0.1) is 0 Å². The molecule has 0 saturated carbocycles. The predicted octanol–water partition coefficient (Wildman–Crippen LogP) is 2.58. The quantitative estimate of drug-likeness (QED) is 0.683. The summed E-state index contributed by atoms with van der Waals surface area (Å²) in [7, 11) is -0.879. The van der Waals surface area contributed by atoms with E-state index in [0.29, 0.717) is 36.2 Å². The summed E-state index contributed by atoms with van der Waals surface area (Å²) in [6.07, 6.45) is 0. The lowest BCUT2D eigenvalue weighted by atomic mass is 9.80. The molecule has 0 unspecified atom stereocenters. The van der Waals surface area contributed by atoms with Gasteiger partial charge in [-0.1, -0.05) is 36.4 Å². The molecule has 1 aliphatic heterocycles. The fourth-order valence-electron chi connectivity index (χ4n) is 2.90. The number of rotatable bonds is 5. The van der Waals surface area contributed by atoms with Crippen molar-refractivity contribution < 1.29 is 14.4 Å². The maximum Gasteiger partial charge on any atom is 0.491 e. The number of benzene rings is 2. The van der Waals surface area contributed by atoms with E-state index in [4.69, 9.17) is 9.39 Å². The van der Waals surface area contributed by atoms with Gasteiger partial charge in [0.2, 0.25) is 5.88 Å². The van der Waals surface area contributed by atoms with E-state index in [0.717, 1.165) is 16.6 Å².